The number of nitrogens with zero attached hydrogens (tertiary/aromatic N) is 4. The first kappa shape index (κ1) is 15.7. The summed E-state index contributed by atoms with van der Waals surface area (Å²) in [7, 11) is 0. The molecule has 0 spiro atoms. The van der Waals surface area contributed by atoms with Crippen LogP contribution >= 0.6 is 0 Å². The van der Waals surface area contributed by atoms with Crippen molar-refractivity contribution in [3.8, 4) is 17.1 Å². The number of esters is 1. The molecule has 0 aliphatic carbocycles. The van der Waals surface area contributed by atoms with Gasteiger partial charge in [0.05, 0.1) is 12.2 Å². The van der Waals surface area contributed by atoms with Crippen LogP contribution in [0.5, 0.6) is 5.75 Å². The summed E-state index contributed by atoms with van der Waals surface area (Å²) in [5.74, 6) is 0.590. The second-order valence-electron chi connectivity index (χ2n) is 4.89. The van der Waals surface area contributed by atoms with E-state index in [0.29, 0.717) is 17.1 Å². The molecule has 9 heteroatoms. The molecule has 3 aromatic rings. The van der Waals surface area contributed by atoms with Crippen LogP contribution < -0.4 is 10.3 Å². The Balaban J connectivity index is 2.00. The van der Waals surface area contributed by atoms with Gasteiger partial charge in [-0.25, -0.2) is 4.79 Å². The van der Waals surface area contributed by atoms with Gasteiger partial charge < -0.3 is 9.47 Å². The summed E-state index contributed by atoms with van der Waals surface area (Å²) >= 11 is 0. The van der Waals surface area contributed by atoms with E-state index < -0.39 is 5.97 Å². The van der Waals surface area contributed by atoms with Crippen molar-refractivity contribution in [3.05, 3.63) is 40.3 Å². The maximum Gasteiger partial charge on any atom is 0.344 e. The number of ether oxygens (including phenoxy) is 2. The van der Waals surface area contributed by atoms with Gasteiger partial charge in [-0.15, -0.1) is 10.2 Å². The lowest BCUT2D eigenvalue weighted by Crippen LogP contribution is -2.16. The van der Waals surface area contributed by atoms with Crippen LogP contribution in [0.25, 0.3) is 17.2 Å². The van der Waals surface area contributed by atoms with Crippen LogP contribution in [0.2, 0.25) is 0 Å². The third-order valence-electron chi connectivity index (χ3n) is 3.22. The molecule has 1 N–H and O–H groups in total. The second-order valence-corrected chi connectivity index (χ2v) is 4.89. The van der Waals surface area contributed by atoms with Crippen molar-refractivity contribution in [2.24, 2.45) is 0 Å². The molecule has 24 heavy (non-hydrogen) atoms. The zero-order chi connectivity index (χ0) is 17.1. The molecule has 0 saturated heterocycles. The predicted molar refractivity (Wildman–Crippen MR) is 83.7 cm³/mol. The van der Waals surface area contributed by atoms with Crippen molar-refractivity contribution >= 4 is 11.7 Å². The fourth-order valence-corrected chi connectivity index (χ4v) is 2.12. The number of aryl methyl sites for hydroxylation is 1. The van der Waals surface area contributed by atoms with Crippen molar-refractivity contribution < 1.29 is 14.3 Å². The summed E-state index contributed by atoms with van der Waals surface area (Å²) < 4.78 is 11.8. The summed E-state index contributed by atoms with van der Waals surface area (Å²) in [4.78, 5) is 25.7. The average Bonchev–Trinajstić information content (AvgIpc) is 2.96. The van der Waals surface area contributed by atoms with Crippen LogP contribution in [0.4, 0.5) is 0 Å². The van der Waals surface area contributed by atoms with Gasteiger partial charge in [-0.1, -0.05) is 12.1 Å². The monoisotopic (exact) mass is 329 g/mol. The van der Waals surface area contributed by atoms with Crippen molar-refractivity contribution in [2.45, 2.75) is 13.8 Å². The highest BCUT2D eigenvalue weighted by atomic mass is 16.6. The van der Waals surface area contributed by atoms with Crippen molar-refractivity contribution in [1.82, 2.24) is 24.8 Å². The fraction of sp³-hybridized carbons (Fsp3) is 0.267. The summed E-state index contributed by atoms with van der Waals surface area (Å²) in [6, 6.07) is 7.03. The van der Waals surface area contributed by atoms with E-state index in [1.807, 2.05) is 0 Å². The highest BCUT2D eigenvalue weighted by molar-refractivity contribution is 5.72. The van der Waals surface area contributed by atoms with Crippen LogP contribution in [-0.4, -0.2) is 44.0 Å². The van der Waals surface area contributed by atoms with Gasteiger partial charge in [0, 0.05) is 0 Å². The van der Waals surface area contributed by atoms with E-state index >= 15 is 0 Å². The lowest BCUT2D eigenvalue weighted by molar-refractivity contribution is -0.145. The van der Waals surface area contributed by atoms with Gasteiger partial charge in [0.2, 0.25) is 0 Å². The molecule has 0 fully saturated rings. The zero-order valence-corrected chi connectivity index (χ0v) is 13.1. The predicted octanol–water partition coefficient (Wildman–Crippen LogP) is 0.730. The highest BCUT2D eigenvalue weighted by Crippen LogP contribution is 2.28. The van der Waals surface area contributed by atoms with Crippen LogP contribution in [-0.2, 0) is 9.53 Å². The van der Waals surface area contributed by atoms with E-state index in [1.54, 1.807) is 38.1 Å². The first-order valence-corrected chi connectivity index (χ1v) is 7.30. The van der Waals surface area contributed by atoms with Crippen LogP contribution in [0.15, 0.2) is 29.1 Å². The SMILES string of the molecule is CCOC(=O)COc1ccccc1-c1nnc2[nH]c(=O)c(C)nn12. The molecular weight excluding hydrogens is 314 g/mol. The number of carbonyl (C=O) groups is 1. The molecule has 0 radical (unpaired) electrons. The number of H-pyrrole nitrogens is 1. The number of nitrogens with one attached hydrogen (secondary N) is 1. The molecule has 3 rings (SSSR count). The molecule has 0 atom stereocenters. The first-order chi connectivity index (χ1) is 11.6. The third-order valence-corrected chi connectivity index (χ3v) is 3.22. The molecule has 0 bridgehead atoms. The summed E-state index contributed by atoms with van der Waals surface area (Å²) in [5, 5.41) is 12.1. The van der Waals surface area contributed by atoms with Gasteiger partial charge in [0.1, 0.15) is 11.4 Å². The number of hydrogen-bond acceptors (Lipinski definition) is 7. The van der Waals surface area contributed by atoms with Gasteiger partial charge >= 0.3 is 5.97 Å². The molecule has 1 aromatic carbocycles. The lowest BCUT2D eigenvalue weighted by atomic mass is 10.2. The van der Waals surface area contributed by atoms with Crippen LogP contribution in [0.1, 0.15) is 12.6 Å². The van der Waals surface area contributed by atoms with E-state index in [2.05, 4.69) is 20.3 Å². The maximum absolute atomic E-state index is 11.6. The Kier molecular flexibility index (Phi) is 4.23. The Morgan fingerprint density at radius 1 is 1.29 bits per heavy atom. The van der Waals surface area contributed by atoms with Crippen molar-refractivity contribution in [2.75, 3.05) is 13.2 Å². The number of carbonyl (C=O) groups excluding carboxylic acids is 1. The minimum absolute atomic E-state index is 0.217. The highest BCUT2D eigenvalue weighted by Gasteiger charge is 2.16. The van der Waals surface area contributed by atoms with Gasteiger partial charge in [0.25, 0.3) is 11.3 Å². The number of para-hydroxylation sites is 1. The molecular formula is C15H15N5O4. The lowest BCUT2D eigenvalue weighted by Gasteiger charge is -2.09. The minimum atomic E-state index is -0.461. The third kappa shape index (κ3) is 2.96. The molecule has 0 saturated carbocycles. The number of fused-ring (bicyclic) bond motifs is 1. The van der Waals surface area contributed by atoms with E-state index in [9.17, 15) is 9.59 Å². The topological polar surface area (TPSA) is 111 Å². The van der Waals surface area contributed by atoms with Gasteiger partial charge in [-0.05, 0) is 26.0 Å². The first-order valence-electron chi connectivity index (χ1n) is 7.30. The largest absolute Gasteiger partial charge is 0.481 e. The van der Waals surface area contributed by atoms with E-state index in [1.165, 1.54) is 4.52 Å². The van der Waals surface area contributed by atoms with Gasteiger partial charge in [0.15, 0.2) is 12.4 Å². The number of aromatic amines is 1. The molecule has 0 aliphatic rings. The smallest absolute Gasteiger partial charge is 0.344 e. The van der Waals surface area contributed by atoms with E-state index in [-0.39, 0.29) is 30.2 Å². The Morgan fingerprint density at radius 2 is 2.08 bits per heavy atom. The standard InChI is InChI=1S/C15H15N5O4/c1-3-23-12(21)8-24-11-7-5-4-6-10(11)13-17-18-15-16-14(22)9(2)19-20(13)15/h4-7H,3,8H2,1-2H3,(H,16,18,22). The number of hydrogen-bond donors (Lipinski definition) is 1. The quantitative estimate of drug-likeness (QED) is 0.687. The van der Waals surface area contributed by atoms with Gasteiger partial charge in [-0.2, -0.15) is 9.61 Å². The number of rotatable bonds is 5. The fourth-order valence-electron chi connectivity index (χ4n) is 2.12. The summed E-state index contributed by atoms with van der Waals surface area (Å²) in [6.07, 6.45) is 0. The van der Waals surface area contributed by atoms with Crippen LogP contribution in [0.3, 0.4) is 0 Å². The Bertz CT molecular complexity index is 946. The van der Waals surface area contributed by atoms with Crippen LogP contribution in [0, 0.1) is 6.92 Å². The number of aromatic nitrogens is 5. The number of benzene rings is 1. The second kappa shape index (κ2) is 6.49. The molecule has 0 amide bonds. The minimum Gasteiger partial charge on any atom is -0.481 e. The molecule has 9 nitrogen and oxygen atoms in total. The molecule has 2 heterocycles. The maximum atomic E-state index is 11.6. The van der Waals surface area contributed by atoms with E-state index in [4.69, 9.17) is 9.47 Å². The van der Waals surface area contributed by atoms with Gasteiger partial charge in [-0.3, -0.25) is 9.78 Å². The Labute approximate surface area is 136 Å². The zero-order valence-electron chi connectivity index (χ0n) is 13.1. The summed E-state index contributed by atoms with van der Waals surface area (Å²) in [5.41, 5.74) is 0.551. The molecule has 2 aromatic heterocycles. The van der Waals surface area contributed by atoms with Crippen molar-refractivity contribution in [1.29, 1.82) is 0 Å². The normalized spacial score (nSPS) is 10.8. The van der Waals surface area contributed by atoms with E-state index in [0.717, 1.165) is 0 Å². The van der Waals surface area contributed by atoms with Crippen molar-refractivity contribution in [3.63, 3.8) is 0 Å². The summed E-state index contributed by atoms with van der Waals surface area (Å²) in [6.45, 7) is 3.38. The average molecular weight is 329 g/mol. The Morgan fingerprint density at radius 3 is 2.88 bits per heavy atom. The Hall–Kier alpha value is -3.23. The molecule has 124 valence electrons. The molecule has 0 aliphatic heterocycles. The molecule has 0 unspecified atom stereocenters.